The lowest BCUT2D eigenvalue weighted by Crippen LogP contribution is -2.35. The minimum Gasteiger partial charge on any atom is -0.301 e. The van der Waals surface area contributed by atoms with Crippen molar-refractivity contribution >= 4 is 11.8 Å². The van der Waals surface area contributed by atoms with E-state index in [0.717, 1.165) is 41.7 Å². The molecule has 0 spiro atoms. The third-order valence-electron chi connectivity index (χ3n) is 4.83. The summed E-state index contributed by atoms with van der Waals surface area (Å²) in [6.45, 7) is 4.55. The number of nitrogens with one attached hydrogen (secondary N) is 1. The zero-order valence-corrected chi connectivity index (χ0v) is 16.3. The van der Waals surface area contributed by atoms with Crippen LogP contribution in [0.1, 0.15) is 27.9 Å². The first-order valence-electron chi connectivity index (χ1n) is 9.24. The van der Waals surface area contributed by atoms with Gasteiger partial charge in [0.2, 0.25) is 0 Å². The van der Waals surface area contributed by atoms with Crippen molar-refractivity contribution in [2.24, 2.45) is 0 Å². The van der Waals surface area contributed by atoms with Gasteiger partial charge in [0.25, 0.3) is 5.56 Å². The van der Waals surface area contributed by atoms with E-state index in [4.69, 9.17) is 4.98 Å². The van der Waals surface area contributed by atoms with Crippen molar-refractivity contribution in [2.75, 3.05) is 6.54 Å². The van der Waals surface area contributed by atoms with Gasteiger partial charge in [-0.1, -0.05) is 71.9 Å². The Morgan fingerprint density at radius 1 is 1.11 bits per heavy atom. The van der Waals surface area contributed by atoms with Crippen LogP contribution >= 0.6 is 11.8 Å². The van der Waals surface area contributed by atoms with Gasteiger partial charge in [0, 0.05) is 31.8 Å². The van der Waals surface area contributed by atoms with Crippen LogP contribution in [0.3, 0.4) is 0 Å². The molecule has 0 bridgehead atoms. The highest BCUT2D eigenvalue weighted by Crippen LogP contribution is 2.22. The smallest absolute Gasteiger partial charge is 0.256 e. The maximum absolute atomic E-state index is 12.6. The summed E-state index contributed by atoms with van der Waals surface area (Å²) in [5, 5.41) is 0.719. The molecule has 1 aliphatic heterocycles. The molecule has 0 saturated heterocycles. The van der Waals surface area contributed by atoms with Crippen molar-refractivity contribution in [1.29, 1.82) is 0 Å². The van der Waals surface area contributed by atoms with Gasteiger partial charge in [0.1, 0.15) is 0 Å². The number of hydrogen-bond donors (Lipinski definition) is 1. The summed E-state index contributed by atoms with van der Waals surface area (Å²) in [4.78, 5) is 22.6. The summed E-state index contributed by atoms with van der Waals surface area (Å²) in [6.07, 6.45) is 0.824. The first kappa shape index (κ1) is 18.0. The summed E-state index contributed by atoms with van der Waals surface area (Å²) in [5.74, 6) is 0.809. The lowest BCUT2D eigenvalue weighted by molar-refractivity contribution is 0.241. The van der Waals surface area contributed by atoms with Gasteiger partial charge in [0.05, 0.1) is 11.3 Å². The van der Waals surface area contributed by atoms with Gasteiger partial charge in [-0.2, -0.15) is 0 Å². The molecule has 4 rings (SSSR count). The second-order valence-corrected chi connectivity index (χ2v) is 7.98. The van der Waals surface area contributed by atoms with Crippen LogP contribution in [0, 0.1) is 6.92 Å². The van der Waals surface area contributed by atoms with Crippen molar-refractivity contribution < 1.29 is 0 Å². The Hall–Kier alpha value is -2.37. The van der Waals surface area contributed by atoms with Gasteiger partial charge in [0.15, 0.2) is 5.16 Å². The Balaban J connectivity index is 1.45. The number of rotatable bonds is 5. The molecule has 0 fully saturated rings. The first-order chi connectivity index (χ1) is 13.2. The van der Waals surface area contributed by atoms with Crippen molar-refractivity contribution in [2.45, 2.75) is 37.3 Å². The minimum absolute atomic E-state index is 0.00417. The zero-order chi connectivity index (χ0) is 18.6. The van der Waals surface area contributed by atoms with Crippen molar-refractivity contribution in [3.05, 3.63) is 92.9 Å². The van der Waals surface area contributed by atoms with Gasteiger partial charge < -0.3 is 4.98 Å². The highest BCUT2D eigenvalue weighted by molar-refractivity contribution is 7.98. The molecule has 3 aromatic rings. The summed E-state index contributed by atoms with van der Waals surface area (Å²) >= 11 is 1.59. The maximum atomic E-state index is 12.6. The molecule has 4 nitrogen and oxygen atoms in total. The maximum Gasteiger partial charge on any atom is 0.256 e. The number of aryl methyl sites for hydroxylation is 1. The number of thioether (sulfide) groups is 1. The van der Waals surface area contributed by atoms with Gasteiger partial charge >= 0.3 is 0 Å². The predicted octanol–water partition coefficient (Wildman–Crippen LogP) is 3.93. The summed E-state index contributed by atoms with van der Waals surface area (Å²) in [7, 11) is 0. The molecular formula is C22H23N3OS. The fourth-order valence-corrected chi connectivity index (χ4v) is 4.28. The van der Waals surface area contributed by atoms with E-state index in [0.29, 0.717) is 6.54 Å². The Morgan fingerprint density at radius 3 is 2.74 bits per heavy atom. The molecular weight excluding hydrogens is 354 g/mol. The average Bonchev–Trinajstić information content (AvgIpc) is 2.68. The first-order valence-corrected chi connectivity index (χ1v) is 10.2. The Bertz CT molecular complexity index is 984. The molecule has 2 heterocycles. The van der Waals surface area contributed by atoms with Crippen LogP contribution < -0.4 is 5.56 Å². The second kappa shape index (κ2) is 8.11. The fraction of sp³-hybridized carbons (Fsp3) is 0.273. The molecule has 2 aromatic carbocycles. The lowest BCUT2D eigenvalue weighted by atomic mass is 10.1. The average molecular weight is 378 g/mol. The van der Waals surface area contributed by atoms with E-state index >= 15 is 0 Å². The van der Waals surface area contributed by atoms with E-state index < -0.39 is 0 Å². The monoisotopic (exact) mass is 377 g/mol. The van der Waals surface area contributed by atoms with Gasteiger partial charge in [-0.25, -0.2) is 4.98 Å². The number of nitrogens with zero attached hydrogens (tertiary/aromatic N) is 2. The largest absolute Gasteiger partial charge is 0.301 e. The number of aromatic nitrogens is 2. The normalized spacial score (nSPS) is 14.1. The summed E-state index contributed by atoms with van der Waals surface area (Å²) < 4.78 is 0. The summed E-state index contributed by atoms with van der Waals surface area (Å²) in [6, 6.07) is 18.8. The fourth-order valence-electron chi connectivity index (χ4n) is 3.46. The van der Waals surface area contributed by atoms with E-state index in [-0.39, 0.29) is 5.56 Å². The molecule has 0 atom stereocenters. The molecule has 0 radical (unpaired) electrons. The van der Waals surface area contributed by atoms with Crippen LogP contribution in [0.15, 0.2) is 64.5 Å². The molecule has 0 unspecified atom stereocenters. The highest BCUT2D eigenvalue weighted by Gasteiger charge is 2.21. The molecule has 1 aliphatic rings. The standard InChI is InChI=1S/C22H23N3OS/c1-16-6-5-9-18(12-16)15-27-22-23-20-10-11-25(14-19(20)21(26)24-22)13-17-7-3-2-4-8-17/h2-9,12H,10-11,13-15H2,1H3,(H,23,24,26). The highest BCUT2D eigenvalue weighted by atomic mass is 32.2. The molecule has 0 aliphatic carbocycles. The van der Waals surface area contributed by atoms with Crippen LogP contribution in [-0.2, 0) is 25.3 Å². The van der Waals surface area contributed by atoms with Crippen LogP contribution in [-0.4, -0.2) is 21.4 Å². The second-order valence-electron chi connectivity index (χ2n) is 7.02. The zero-order valence-electron chi connectivity index (χ0n) is 15.4. The van der Waals surface area contributed by atoms with Crippen LogP contribution in [0.5, 0.6) is 0 Å². The molecule has 1 N–H and O–H groups in total. The molecule has 138 valence electrons. The van der Waals surface area contributed by atoms with Crippen molar-refractivity contribution in [3.63, 3.8) is 0 Å². The molecule has 0 saturated carbocycles. The van der Waals surface area contributed by atoms with Gasteiger partial charge in [-0.05, 0) is 18.1 Å². The van der Waals surface area contributed by atoms with Crippen LogP contribution in [0.2, 0.25) is 0 Å². The van der Waals surface area contributed by atoms with E-state index in [9.17, 15) is 4.79 Å². The van der Waals surface area contributed by atoms with Crippen LogP contribution in [0.4, 0.5) is 0 Å². The number of aromatic amines is 1. The van der Waals surface area contributed by atoms with Gasteiger partial charge in [-0.15, -0.1) is 0 Å². The molecule has 1 aromatic heterocycles. The van der Waals surface area contributed by atoms with Crippen molar-refractivity contribution in [3.8, 4) is 0 Å². The lowest BCUT2D eigenvalue weighted by Gasteiger charge is -2.27. The minimum atomic E-state index is 0.00417. The third kappa shape index (κ3) is 4.49. The predicted molar refractivity (Wildman–Crippen MR) is 110 cm³/mol. The van der Waals surface area contributed by atoms with E-state index in [1.54, 1.807) is 11.8 Å². The van der Waals surface area contributed by atoms with E-state index in [1.807, 2.05) is 6.07 Å². The molecule has 0 amide bonds. The summed E-state index contributed by atoms with van der Waals surface area (Å²) in [5.41, 5.74) is 5.54. The van der Waals surface area contributed by atoms with Crippen LogP contribution in [0.25, 0.3) is 0 Å². The number of H-pyrrole nitrogens is 1. The Kier molecular flexibility index (Phi) is 5.41. The van der Waals surface area contributed by atoms with Crippen molar-refractivity contribution in [1.82, 2.24) is 14.9 Å². The number of hydrogen-bond acceptors (Lipinski definition) is 4. The Morgan fingerprint density at radius 2 is 1.93 bits per heavy atom. The molecule has 5 heteroatoms. The van der Waals surface area contributed by atoms with Gasteiger partial charge in [-0.3, -0.25) is 9.69 Å². The topological polar surface area (TPSA) is 49.0 Å². The quantitative estimate of drug-likeness (QED) is 0.541. The third-order valence-corrected chi connectivity index (χ3v) is 5.78. The Labute approximate surface area is 163 Å². The number of fused-ring (bicyclic) bond motifs is 1. The van der Waals surface area contributed by atoms with E-state index in [2.05, 4.69) is 65.3 Å². The van der Waals surface area contributed by atoms with E-state index in [1.165, 1.54) is 16.7 Å². The SMILES string of the molecule is Cc1cccc(CSc2nc3c(c(=O)[nH]2)CN(Cc2ccccc2)CC3)c1. The molecule has 27 heavy (non-hydrogen) atoms. The number of benzene rings is 2.